The molecule has 1 aliphatic heterocycles. The van der Waals surface area contributed by atoms with Crippen LogP contribution in [0, 0.1) is 11.8 Å². The van der Waals surface area contributed by atoms with Gasteiger partial charge in [0.15, 0.2) is 0 Å². The van der Waals surface area contributed by atoms with Crippen molar-refractivity contribution in [2.24, 2.45) is 11.8 Å². The molecule has 6 nitrogen and oxygen atoms in total. The highest BCUT2D eigenvalue weighted by atomic mass is 35.5. The van der Waals surface area contributed by atoms with Crippen LogP contribution >= 0.6 is 11.6 Å². The average molecular weight is 562 g/mol. The maximum Gasteiger partial charge on any atom is 0.410 e. The third kappa shape index (κ3) is 8.75. The Hall–Kier alpha value is -3.51. The first-order valence-electron chi connectivity index (χ1n) is 13.9. The van der Waals surface area contributed by atoms with Gasteiger partial charge in [-0.25, -0.2) is 4.79 Å². The predicted octanol–water partition coefficient (Wildman–Crippen LogP) is 6.71. The fourth-order valence-corrected chi connectivity index (χ4v) is 5.38. The molecule has 0 aromatic heterocycles. The molecule has 0 bridgehead atoms. The van der Waals surface area contributed by atoms with E-state index in [1.165, 1.54) is 12.5 Å². The van der Waals surface area contributed by atoms with Crippen molar-refractivity contribution in [3.63, 3.8) is 0 Å². The summed E-state index contributed by atoms with van der Waals surface area (Å²) in [6, 6.07) is 26.7. The molecule has 40 heavy (non-hydrogen) atoms. The van der Waals surface area contributed by atoms with E-state index in [1.54, 1.807) is 0 Å². The summed E-state index contributed by atoms with van der Waals surface area (Å²) in [6.07, 6.45) is 0.641. The molecule has 7 heteroatoms. The Labute approximate surface area is 243 Å². The molecule has 3 aromatic carbocycles. The molecule has 1 fully saturated rings. The summed E-state index contributed by atoms with van der Waals surface area (Å²) in [5.74, 6) is 0.482. The van der Waals surface area contributed by atoms with Crippen LogP contribution in [0.1, 0.15) is 44.4 Å². The van der Waals surface area contributed by atoms with Crippen LogP contribution in [-0.2, 0) is 29.0 Å². The summed E-state index contributed by atoms with van der Waals surface area (Å²) >= 11 is 6.24. The molecule has 212 valence electrons. The maximum atomic E-state index is 13.1. The summed E-state index contributed by atoms with van der Waals surface area (Å²) in [5.41, 5.74) is 4.02. The van der Waals surface area contributed by atoms with Gasteiger partial charge in [0.25, 0.3) is 0 Å². The second-order valence-electron chi connectivity index (χ2n) is 11.7. The van der Waals surface area contributed by atoms with E-state index in [0.717, 1.165) is 29.8 Å². The number of anilines is 1. The summed E-state index contributed by atoms with van der Waals surface area (Å²) < 4.78 is 5.75. The molecule has 1 saturated heterocycles. The van der Waals surface area contributed by atoms with E-state index in [2.05, 4.69) is 58.7 Å². The Morgan fingerprint density at radius 1 is 0.925 bits per heavy atom. The van der Waals surface area contributed by atoms with E-state index in [-0.39, 0.29) is 23.8 Å². The molecule has 4 rings (SSSR count). The normalized spacial score (nSPS) is 17.0. The van der Waals surface area contributed by atoms with Gasteiger partial charge < -0.3 is 19.9 Å². The van der Waals surface area contributed by atoms with E-state index in [9.17, 15) is 9.59 Å². The number of halogens is 1. The summed E-state index contributed by atoms with van der Waals surface area (Å²) in [7, 11) is 0. The highest BCUT2D eigenvalue weighted by Gasteiger charge is 2.38. The number of carbonyl (C=O) groups is 2. The van der Waals surface area contributed by atoms with Crippen LogP contribution in [0.2, 0.25) is 5.02 Å². The summed E-state index contributed by atoms with van der Waals surface area (Å²) in [6.45, 7) is 10.5. The van der Waals surface area contributed by atoms with Crippen LogP contribution in [0.5, 0.6) is 0 Å². The minimum absolute atomic E-state index is 0.0478. The van der Waals surface area contributed by atoms with Gasteiger partial charge in [-0.1, -0.05) is 66.2 Å². The number of benzene rings is 3. The Kier molecular flexibility index (Phi) is 9.75. The number of ether oxygens (including phenoxy) is 1. The molecular formula is C33H40ClN3O3. The number of rotatable bonds is 9. The number of nitrogens with zero attached hydrogens (tertiary/aromatic N) is 2. The first kappa shape index (κ1) is 29.5. The predicted molar refractivity (Wildman–Crippen MR) is 161 cm³/mol. The number of likely N-dealkylation sites (tertiary alicyclic amines) is 1. The standard InChI is InChI=1S/C33H40ClN3O3/c1-24(38)35-19-26-11-8-12-27(17-26)20-36(31-15-13-30(34)14-16-31)22-29-23-37(32(39)40-33(2,3)4)21-28(29)18-25-9-6-5-7-10-25/h5-17,28-29H,18-23H2,1-4H3,(H,35,38)/t28-,29+/m1/s1. The Bertz CT molecular complexity index is 1270. The summed E-state index contributed by atoms with van der Waals surface area (Å²) in [4.78, 5) is 28.8. The van der Waals surface area contributed by atoms with Gasteiger partial charge in [0.2, 0.25) is 5.91 Å². The minimum Gasteiger partial charge on any atom is -0.444 e. The van der Waals surface area contributed by atoms with Gasteiger partial charge in [-0.05, 0) is 80.0 Å². The molecule has 0 unspecified atom stereocenters. The number of hydrogen-bond acceptors (Lipinski definition) is 4. The molecule has 0 radical (unpaired) electrons. The molecule has 3 aromatic rings. The number of carbonyl (C=O) groups excluding carboxylic acids is 2. The zero-order valence-electron chi connectivity index (χ0n) is 23.9. The van der Waals surface area contributed by atoms with Crippen molar-refractivity contribution in [2.75, 3.05) is 24.5 Å². The van der Waals surface area contributed by atoms with Crippen LogP contribution in [0.4, 0.5) is 10.5 Å². The molecular weight excluding hydrogens is 522 g/mol. The third-order valence-electron chi connectivity index (χ3n) is 7.12. The highest BCUT2D eigenvalue weighted by molar-refractivity contribution is 6.30. The monoisotopic (exact) mass is 561 g/mol. The fourth-order valence-electron chi connectivity index (χ4n) is 5.25. The first-order valence-corrected chi connectivity index (χ1v) is 14.3. The zero-order valence-corrected chi connectivity index (χ0v) is 24.7. The number of nitrogens with one attached hydrogen (secondary N) is 1. The Morgan fingerprint density at radius 2 is 1.57 bits per heavy atom. The van der Waals surface area contributed by atoms with Gasteiger partial charge in [0.05, 0.1) is 0 Å². The minimum atomic E-state index is -0.540. The van der Waals surface area contributed by atoms with Crippen LogP contribution in [-0.4, -0.2) is 42.1 Å². The lowest BCUT2D eigenvalue weighted by Crippen LogP contribution is -2.36. The molecule has 0 aliphatic carbocycles. The van der Waals surface area contributed by atoms with Crippen LogP contribution in [0.3, 0.4) is 0 Å². The van der Waals surface area contributed by atoms with E-state index in [0.29, 0.717) is 31.2 Å². The molecule has 0 saturated carbocycles. The van der Waals surface area contributed by atoms with Gasteiger partial charge in [0, 0.05) is 50.4 Å². The second kappa shape index (κ2) is 13.2. The van der Waals surface area contributed by atoms with Crippen molar-refractivity contribution >= 4 is 29.3 Å². The quantitative estimate of drug-likeness (QED) is 0.315. The van der Waals surface area contributed by atoms with Gasteiger partial charge >= 0.3 is 6.09 Å². The third-order valence-corrected chi connectivity index (χ3v) is 7.37. The number of hydrogen-bond donors (Lipinski definition) is 1. The Morgan fingerprint density at radius 3 is 2.25 bits per heavy atom. The van der Waals surface area contributed by atoms with Crippen molar-refractivity contribution in [3.05, 3.63) is 101 Å². The van der Waals surface area contributed by atoms with Crippen molar-refractivity contribution in [3.8, 4) is 0 Å². The molecule has 1 N–H and O–H groups in total. The highest BCUT2D eigenvalue weighted by Crippen LogP contribution is 2.31. The van der Waals surface area contributed by atoms with E-state index in [4.69, 9.17) is 16.3 Å². The number of amides is 2. The van der Waals surface area contributed by atoms with E-state index < -0.39 is 5.60 Å². The largest absolute Gasteiger partial charge is 0.444 e. The summed E-state index contributed by atoms with van der Waals surface area (Å²) in [5, 5.41) is 3.58. The Balaban J connectivity index is 1.58. The molecule has 1 aliphatic rings. The maximum absolute atomic E-state index is 13.1. The lowest BCUT2D eigenvalue weighted by Gasteiger charge is -2.30. The topological polar surface area (TPSA) is 61.9 Å². The van der Waals surface area contributed by atoms with Crippen LogP contribution < -0.4 is 10.2 Å². The molecule has 0 spiro atoms. The molecule has 1 heterocycles. The van der Waals surface area contributed by atoms with Gasteiger partial charge in [0.1, 0.15) is 5.60 Å². The zero-order chi connectivity index (χ0) is 28.7. The fraction of sp³-hybridized carbons (Fsp3) is 0.394. The van der Waals surface area contributed by atoms with Crippen molar-refractivity contribution in [1.82, 2.24) is 10.2 Å². The van der Waals surface area contributed by atoms with Gasteiger partial charge in [-0.3, -0.25) is 4.79 Å². The van der Waals surface area contributed by atoms with Crippen molar-refractivity contribution in [1.29, 1.82) is 0 Å². The molecule has 2 amide bonds. The lowest BCUT2D eigenvalue weighted by molar-refractivity contribution is -0.119. The van der Waals surface area contributed by atoms with E-state index in [1.807, 2.05) is 56.0 Å². The smallest absolute Gasteiger partial charge is 0.410 e. The lowest BCUT2D eigenvalue weighted by atomic mass is 9.89. The van der Waals surface area contributed by atoms with Crippen LogP contribution in [0.25, 0.3) is 0 Å². The van der Waals surface area contributed by atoms with Crippen molar-refractivity contribution in [2.45, 2.75) is 52.8 Å². The van der Waals surface area contributed by atoms with Gasteiger partial charge in [-0.15, -0.1) is 0 Å². The first-order chi connectivity index (χ1) is 19.1. The molecule has 2 atom stereocenters. The second-order valence-corrected chi connectivity index (χ2v) is 12.1. The van der Waals surface area contributed by atoms with E-state index >= 15 is 0 Å². The van der Waals surface area contributed by atoms with Crippen molar-refractivity contribution < 1.29 is 14.3 Å². The SMILES string of the molecule is CC(=O)NCc1cccc(CN(C[C@H]2CN(C(=O)OC(C)(C)C)C[C@H]2Cc2ccccc2)c2ccc(Cl)cc2)c1. The van der Waals surface area contributed by atoms with Crippen LogP contribution in [0.15, 0.2) is 78.9 Å². The average Bonchev–Trinajstić information content (AvgIpc) is 3.30. The van der Waals surface area contributed by atoms with Gasteiger partial charge in [-0.2, -0.15) is 0 Å².